The molecule has 0 aliphatic rings. The Labute approximate surface area is 129 Å². The molecule has 0 bridgehead atoms. The summed E-state index contributed by atoms with van der Waals surface area (Å²) in [7, 11) is 0. The predicted molar refractivity (Wildman–Crippen MR) is 88.0 cm³/mol. The maximum Gasteiger partial charge on any atom is 0.255 e. The number of hydrogen-bond acceptors (Lipinski definition) is 3. The van der Waals surface area contributed by atoms with Crippen molar-refractivity contribution in [2.75, 3.05) is 5.32 Å². The minimum atomic E-state index is -0.128. The number of rotatable bonds is 3. The molecule has 0 spiro atoms. The van der Waals surface area contributed by atoms with E-state index in [1.54, 1.807) is 24.5 Å². The van der Waals surface area contributed by atoms with Crippen molar-refractivity contribution in [3.05, 3.63) is 65.5 Å². The van der Waals surface area contributed by atoms with Crippen LogP contribution in [0.4, 0.5) is 5.69 Å². The van der Waals surface area contributed by atoms with E-state index < -0.39 is 0 Å². The minimum absolute atomic E-state index is 0.128. The van der Waals surface area contributed by atoms with E-state index >= 15 is 0 Å². The summed E-state index contributed by atoms with van der Waals surface area (Å²) in [6.07, 6.45) is 4.14. The molecule has 0 radical (unpaired) electrons. The molecule has 2 aromatic carbocycles. The molecule has 1 amide bonds. The second-order valence-electron chi connectivity index (χ2n) is 5.18. The molecule has 0 aliphatic carbocycles. The van der Waals surface area contributed by atoms with Crippen LogP contribution in [0.25, 0.3) is 11.0 Å². The zero-order valence-electron chi connectivity index (χ0n) is 12.6. The van der Waals surface area contributed by atoms with Gasteiger partial charge >= 0.3 is 0 Å². The molecule has 3 aromatic rings. The Bertz CT molecular complexity index is 843. The Morgan fingerprint density at radius 3 is 2.64 bits per heavy atom. The fraction of sp³-hybridized carbons (Fsp3) is 0.167. The van der Waals surface area contributed by atoms with Crippen LogP contribution in [0.15, 0.2) is 48.8 Å². The van der Waals surface area contributed by atoms with Gasteiger partial charge in [0.1, 0.15) is 0 Å². The fourth-order valence-electron chi connectivity index (χ4n) is 2.49. The first-order chi connectivity index (χ1) is 10.7. The molecular formula is C18H17N3O. The van der Waals surface area contributed by atoms with E-state index in [0.717, 1.165) is 34.3 Å². The van der Waals surface area contributed by atoms with Crippen molar-refractivity contribution in [1.82, 2.24) is 9.97 Å². The van der Waals surface area contributed by atoms with Crippen molar-refractivity contribution in [3.8, 4) is 0 Å². The monoisotopic (exact) mass is 291 g/mol. The Balaban J connectivity index is 1.93. The first kappa shape index (κ1) is 14.2. The molecule has 0 saturated heterocycles. The van der Waals surface area contributed by atoms with Gasteiger partial charge in [-0.05, 0) is 42.7 Å². The predicted octanol–water partition coefficient (Wildman–Crippen LogP) is 3.75. The molecule has 4 nitrogen and oxygen atoms in total. The number of para-hydroxylation sites is 1. The van der Waals surface area contributed by atoms with Gasteiger partial charge in [-0.1, -0.05) is 25.1 Å². The van der Waals surface area contributed by atoms with Crippen LogP contribution in [0.5, 0.6) is 0 Å². The quantitative estimate of drug-likeness (QED) is 0.799. The lowest BCUT2D eigenvalue weighted by Gasteiger charge is -2.13. The van der Waals surface area contributed by atoms with Gasteiger partial charge in [0.15, 0.2) is 0 Å². The first-order valence-corrected chi connectivity index (χ1v) is 7.29. The summed E-state index contributed by atoms with van der Waals surface area (Å²) >= 11 is 0. The van der Waals surface area contributed by atoms with E-state index in [0.29, 0.717) is 5.56 Å². The van der Waals surface area contributed by atoms with Crippen LogP contribution in [0.2, 0.25) is 0 Å². The third-order valence-electron chi connectivity index (χ3n) is 3.71. The minimum Gasteiger partial charge on any atom is -0.321 e. The number of amides is 1. The van der Waals surface area contributed by atoms with E-state index in [4.69, 9.17) is 0 Å². The van der Waals surface area contributed by atoms with Crippen molar-refractivity contribution in [1.29, 1.82) is 0 Å². The average Bonchev–Trinajstić information content (AvgIpc) is 2.56. The maximum absolute atomic E-state index is 12.5. The largest absolute Gasteiger partial charge is 0.321 e. The highest BCUT2D eigenvalue weighted by Gasteiger charge is 2.11. The highest BCUT2D eigenvalue weighted by Crippen LogP contribution is 2.22. The van der Waals surface area contributed by atoms with E-state index in [2.05, 4.69) is 22.2 Å². The summed E-state index contributed by atoms with van der Waals surface area (Å²) in [5.41, 5.74) is 5.18. The molecule has 0 atom stereocenters. The molecule has 1 N–H and O–H groups in total. The number of benzene rings is 2. The zero-order valence-corrected chi connectivity index (χ0v) is 12.6. The number of hydrogen-bond donors (Lipinski definition) is 1. The van der Waals surface area contributed by atoms with Gasteiger partial charge in [0.2, 0.25) is 0 Å². The lowest BCUT2D eigenvalue weighted by atomic mass is 10.1. The van der Waals surface area contributed by atoms with Crippen molar-refractivity contribution < 1.29 is 4.79 Å². The van der Waals surface area contributed by atoms with Gasteiger partial charge in [0, 0.05) is 23.6 Å². The van der Waals surface area contributed by atoms with E-state index in [9.17, 15) is 4.79 Å². The standard InChI is InChI=1S/C18H17N3O/c1-3-13-6-4-5-12(2)17(13)21-18(22)14-7-8-15-16(11-14)20-10-9-19-15/h4-11H,3H2,1-2H3,(H,21,22). The summed E-state index contributed by atoms with van der Waals surface area (Å²) in [6, 6.07) is 11.4. The first-order valence-electron chi connectivity index (χ1n) is 7.29. The van der Waals surface area contributed by atoms with Crippen molar-refractivity contribution >= 4 is 22.6 Å². The van der Waals surface area contributed by atoms with Gasteiger partial charge in [0.25, 0.3) is 5.91 Å². The summed E-state index contributed by atoms with van der Waals surface area (Å²) in [5.74, 6) is -0.128. The summed E-state index contributed by atoms with van der Waals surface area (Å²) in [5, 5.41) is 3.02. The normalized spacial score (nSPS) is 10.6. The average molecular weight is 291 g/mol. The van der Waals surface area contributed by atoms with Crippen molar-refractivity contribution in [3.63, 3.8) is 0 Å². The third kappa shape index (κ3) is 2.68. The van der Waals surface area contributed by atoms with Crippen LogP contribution < -0.4 is 5.32 Å². The van der Waals surface area contributed by atoms with Crippen LogP contribution in [-0.4, -0.2) is 15.9 Å². The van der Waals surface area contributed by atoms with Gasteiger partial charge in [0.05, 0.1) is 11.0 Å². The lowest BCUT2D eigenvalue weighted by molar-refractivity contribution is 0.102. The molecule has 22 heavy (non-hydrogen) atoms. The van der Waals surface area contributed by atoms with Crippen LogP contribution in [0.3, 0.4) is 0 Å². The van der Waals surface area contributed by atoms with Gasteiger partial charge < -0.3 is 5.32 Å². The Morgan fingerprint density at radius 1 is 1.09 bits per heavy atom. The second-order valence-corrected chi connectivity index (χ2v) is 5.18. The van der Waals surface area contributed by atoms with Gasteiger partial charge in [-0.15, -0.1) is 0 Å². The Morgan fingerprint density at radius 2 is 1.86 bits per heavy atom. The Hall–Kier alpha value is -2.75. The maximum atomic E-state index is 12.5. The molecule has 1 heterocycles. The molecule has 3 rings (SSSR count). The lowest BCUT2D eigenvalue weighted by Crippen LogP contribution is -2.14. The number of carbonyl (C=O) groups is 1. The molecule has 110 valence electrons. The van der Waals surface area contributed by atoms with Crippen LogP contribution in [-0.2, 0) is 6.42 Å². The molecule has 0 unspecified atom stereocenters. The highest BCUT2D eigenvalue weighted by molar-refractivity contribution is 6.06. The Kier molecular flexibility index (Phi) is 3.83. The molecule has 0 fully saturated rings. The molecule has 1 aromatic heterocycles. The van der Waals surface area contributed by atoms with Crippen molar-refractivity contribution in [2.24, 2.45) is 0 Å². The number of fused-ring (bicyclic) bond motifs is 1. The number of nitrogens with zero attached hydrogens (tertiary/aromatic N) is 2. The van der Waals surface area contributed by atoms with E-state index in [-0.39, 0.29) is 5.91 Å². The molecular weight excluding hydrogens is 274 g/mol. The van der Waals surface area contributed by atoms with Gasteiger partial charge in [-0.25, -0.2) is 0 Å². The second kappa shape index (κ2) is 5.93. The molecule has 4 heteroatoms. The van der Waals surface area contributed by atoms with Gasteiger partial charge in [-0.2, -0.15) is 0 Å². The van der Waals surface area contributed by atoms with Crippen LogP contribution >= 0.6 is 0 Å². The number of carbonyl (C=O) groups excluding carboxylic acids is 1. The molecule has 0 aliphatic heterocycles. The van der Waals surface area contributed by atoms with E-state index in [1.165, 1.54) is 0 Å². The van der Waals surface area contributed by atoms with Crippen LogP contribution in [0, 0.1) is 6.92 Å². The number of aryl methyl sites for hydroxylation is 2. The zero-order chi connectivity index (χ0) is 15.5. The topological polar surface area (TPSA) is 54.9 Å². The summed E-state index contributed by atoms with van der Waals surface area (Å²) in [6.45, 7) is 4.08. The smallest absolute Gasteiger partial charge is 0.255 e. The molecule has 0 saturated carbocycles. The van der Waals surface area contributed by atoms with E-state index in [1.807, 2.05) is 31.2 Å². The van der Waals surface area contributed by atoms with Crippen LogP contribution in [0.1, 0.15) is 28.4 Å². The third-order valence-corrected chi connectivity index (χ3v) is 3.71. The fourth-order valence-corrected chi connectivity index (χ4v) is 2.49. The van der Waals surface area contributed by atoms with Gasteiger partial charge in [-0.3, -0.25) is 14.8 Å². The summed E-state index contributed by atoms with van der Waals surface area (Å²) in [4.78, 5) is 21.0. The summed E-state index contributed by atoms with van der Waals surface area (Å²) < 4.78 is 0. The number of aromatic nitrogens is 2. The number of nitrogens with one attached hydrogen (secondary N) is 1. The highest BCUT2D eigenvalue weighted by atomic mass is 16.1. The number of anilines is 1. The van der Waals surface area contributed by atoms with Crippen molar-refractivity contribution in [2.45, 2.75) is 20.3 Å². The SMILES string of the molecule is CCc1cccc(C)c1NC(=O)c1ccc2nccnc2c1.